The topological polar surface area (TPSA) is 59.3 Å². The van der Waals surface area contributed by atoms with Crippen LogP contribution in [0.5, 0.6) is 0 Å². The van der Waals surface area contributed by atoms with Crippen LogP contribution in [0.15, 0.2) is 82.0 Å². The van der Waals surface area contributed by atoms with E-state index in [-0.39, 0.29) is 11.3 Å². The van der Waals surface area contributed by atoms with Crippen LogP contribution in [0.2, 0.25) is 10.0 Å². The molecule has 0 aliphatic carbocycles. The molecule has 0 unspecified atom stereocenters. The number of benzene rings is 3. The van der Waals surface area contributed by atoms with Crippen molar-refractivity contribution in [3.05, 3.63) is 98.6 Å². The highest BCUT2D eigenvalue weighted by molar-refractivity contribution is 6.33. The van der Waals surface area contributed by atoms with Gasteiger partial charge in [-0.2, -0.15) is 0 Å². The number of carbonyl (C=O) groups excluding carboxylic acids is 1. The van der Waals surface area contributed by atoms with Crippen LogP contribution in [0.25, 0.3) is 22.3 Å². The molecular formula is C22H13Cl2NO3. The molecule has 138 valence electrons. The Kier molecular flexibility index (Phi) is 4.90. The van der Waals surface area contributed by atoms with Crippen molar-refractivity contribution in [3.8, 4) is 11.3 Å². The lowest BCUT2D eigenvalue weighted by atomic mass is 10.1. The number of rotatable bonds is 3. The molecule has 0 aliphatic heterocycles. The number of nitrogens with one attached hydrogen (secondary N) is 1. The molecule has 0 bridgehead atoms. The van der Waals surface area contributed by atoms with Gasteiger partial charge in [-0.1, -0.05) is 35.3 Å². The molecule has 3 aromatic carbocycles. The van der Waals surface area contributed by atoms with Gasteiger partial charge in [-0.05, 0) is 54.6 Å². The maximum Gasteiger partial charge on any atom is 0.255 e. The number of hydrogen-bond donors (Lipinski definition) is 1. The minimum absolute atomic E-state index is 0.223. The van der Waals surface area contributed by atoms with E-state index >= 15 is 0 Å². The van der Waals surface area contributed by atoms with Gasteiger partial charge >= 0.3 is 0 Å². The first-order valence-electron chi connectivity index (χ1n) is 8.41. The molecule has 1 aromatic heterocycles. The second-order valence-corrected chi connectivity index (χ2v) is 6.97. The molecule has 0 radical (unpaired) electrons. The third kappa shape index (κ3) is 3.65. The molecule has 1 amide bonds. The van der Waals surface area contributed by atoms with E-state index in [4.69, 9.17) is 27.6 Å². The molecule has 0 aliphatic rings. The molecule has 1 heterocycles. The first-order chi connectivity index (χ1) is 13.5. The van der Waals surface area contributed by atoms with Crippen molar-refractivity contribution >= 4 is 45.8 Å². The summed E-state index contributed by atoms with van der Waals surface area (Å²) in [6.45, 7) is 0. The summed E-state index contributed by atoms with van der Waals surface area (Å²) in [7, 11) is 0. The van der Waals surface area contributed by atoms with Crippen molar-refractivity contribution in [2.24, 2.45) is 0 Å². The van der Waals surface area contributed by atoms with Crippen molar-refractivity contribution in [1.29, 1.82) is 0 Å². The summed E-state index contributed by atoms with van der Waals surface area (Å²) in [4.78, 5) is 25.0. The molecule has 0 fully saturated rings. The highest BCUT2D eigenvalue weighted by atomic mass is 35.5. The van der Waals surface area contributed by atoms with Crippen molar-refractivity contribution in [3.63, 3.8) is 0 Å². The lowest BCUT2D eigenvalue weighted by Crippen LogP contribution is -2.12. The van der Waals surface area contributed by atoms with Crippen LogP contribution in [-0.4, -0.2) is 5.91 Å². The molecule has 6 heteroatoms. The van der Waals surface area contributed by atoms with E-state index in [1.54, 1.807) is 60.7 Å². The second-order valence-electron chi connectivity index (χ2n) is 6.13. The Morgan fingerprint density at radius 3 is 2.39 bits per heavy atom. The van der Waals surface area contributed by atoms with Crippen LogP contribution in [0.3, 0.4) is 0 Å². The van der Waals surface area contributed by atoms with E-state index in [1.165, 1.54) is 6.07 Å². The number of halogens is 2. The van der Waals surface area contributed by atoms with Gasteiger partial charge in [0.1, 0.15) is 11.3 Å². The van der Waals surface area contributed by atoms with Gasteiger partial charge in [0.2, 0.25) is 0 Å². The molecule has 0 saturated carbocycles. The molecule has 0 atom stereocenters. The van der Waals surface area contributed by atoms with Crippen molar-refractivity contribution < 1.29 is 9.21 Å². The minimum Gasteiger partial charge on any atom is -0.456 e. The Labute approximate surface area is 170 Å². The summed E-state index contributed by atoms with van der Waals surface area (Å²) in [5, 5.41) is 4.18. The Morgan fingerprint density at radius 2 is 1.64 bits per heavy atom. The van der Waals surface area contributed by atoms with Crippen LogP contribution in [-0.2, 0) is 0 Å². The van der Waals surface area contributed by atoms with Gasteiger partial charge in [0.15, 0.2) is 5.43 Å². The maximum atomic E-state index is 12.6. The van der Waals surface area contributed by atoms with Crippen LogP contribution in [0, 0.1) is 0 Å². The fourth-order valence-electron chi connectivity index (χ4n) is 2.83. The lowest BCUT2D eigenvalue weighted by Gasteiger charge is -2.08. The number of anilines is 1. The molecule has 0 saturated heterocycles. The van der Waals surface area contributed by atoms with Crippen LogP contribution < -0.4 is 10.7 Å². The molecule has 1 N–H and O–H groups in total. The largest absolute Gasteiger partial charge is 0.456 e. The molecule has 4 aromatic rings. The smallest absolute Gasteiger partial charge is 0.255 e. The summed E-state index contributed by atoms with van der Waals surface area (Å²) in [5.41, 5.74) is 1.78. The first kappa shape index (κ1) is 18.3. The molecule has 28 heavy (non-hydrogen) atoms. The van der Waals surface area contributed by atoms with Crippen LogP contribution in [0.1, 0.15) is 10.4 Å². The summed E-state index contributed by atoms with van der Waals surface area (Å²) < 4.78 is 5.86. The van der Waals surface area contributed by atoms with Gasteiger partial charge < -0.3 is 9.73 Å². The van der Waals surface area contributed by atoms with E-state index in [0.29, 0.717) is 43.6 Å². The number of carbonyl (C=O) groups is 1. The van der Waals surface area contributed by atoms with E-state index in [1.807, 2.05) is 6.07 Å². The van der Waals surface area contributed by atoms with Crippen molar-refractivity contribution in [2.75, 3.05) is 5.32 Å². The Morgan fingerprint density at radius 1 is 0.893 bits per heavy atom. The zero-order chi connectivity index (χ0) is 19.7. The third-order valence-corrected chi connectivity index (χ3v) is 4.81. The van der Waals surface area contributed by atoms with E-state index in [2.05, 4.69) is 5.32 Å². The van der Waals surface area contributed by atoms with E-state index in [9.17, 15) is 9.59 Å². The third-order valence-electron chi connectivity index (χ3n) is 4.23. The Hall–Kier alpha value is -3.08. The number of fused-ring (bicyclic) bond motifs is 1. The zero-order valence-electron chi connectivity index (χ0n) is 14.4. The van der Waals surface area contributed by atoms with Crippen molar-refractivity contribution in [2.45, 2.75) is 0 Å². The quantitative estimate of drug-likeness (QED) is 0.449. The lowest BCUT2D eigenvalue weighted by molar-refractivity contribution is 0.102. The fourth-order valence-corrected chi connectivity index (χ4v) is 3.19. The van der Waals surface area contributed by atoms with Crippen molar-refractivity contribution in [1.82, 2.24) is 0 Å². The fraction of sp³-hybridized carbons (Fsp3) is 0. The second kappa shape index (κ2) is 7.50. The van der Waals surface area contributed by atoms with Gasteiger partial charge in [0.25, 0.3) is 5.91 Å². The van der Waals surface area contributed by atoms with E-state index in [0.717, 1.165) is 0 Å². The molecule has 0 spiro atoms. The normalized spacial score (nSPS) is 10.8. The average Bonchev–Trinajstić information content (AvgIpc) is 2.69. The van der Waals surface area contributed by atoms with Crippen LogP contribution in [0.4, 0.5) is 5.69 Å². The Balaban J connectivity index is 1.68. The summed E-state index contributed by atoms with van der Waals surface area (Å²) in [6, 6.07) is 20.0. The number of hydrogen-bond acceptors (Lipinski definition) is 3. The predicted molar refractivity (Wildman–Crippen MR) is 112 cm³/mol. The van der Waals surface area contributed by atoms with Gasteiger partial charge in [0, 0.05) is 27.9 Å². The van der Waals surface area contributed by atoms with Gasteiger partial charge in [0.05, 0.1) is 10.4 Å². The van der Waals surface area contributed by atoms with Gasteiger partial charge in [-0.25, -0.2) is 0 Å². The monoisotopic (exact) mass is 409 g/mol. The highest BCUT2D eigenvalue weighted by Crippen LogP contribution is 2.29. The van der Waals surface area contributed by atoms with Gasteiger partial charge in [-0.3, -0.25) is 9.59 Å². The predicted octanol–water partition coefficient (Wildman–Crippen LogP) is 6.02. The van der Waals surface area contributed by atoms with E-state index < -0.39 is 0 Å². The molecular weight excluding hydrogens is 397 g/mol. The Bertz CT molecular complexity index is 1250. The maximum absolute atomic E-state index is 12.6. The summed E-state index contributed by atoms with van der Waals surface area (Å²) in [6.07, 6.45) is 0. The molecule has 4 rings (SSSR count). The summed E-state index contributed by atoms with van der Waals surface area (Å²) in [5.74, 6) is 0.0918. The SMILES string of the molecule is O=C(Nc1ccc2oc(-c3ccccc3Cl)cc(=O)c2c1)c1ccc(Cl)cc1. The number of amides is 1. The molecule has 4 nitrogen and oxygen atoms in total. The average molecular weight is 410 g/mol. The highest BCUT2D eigenvalue weighted by Gasteiger charge is 2.12. The minimum atomic E-state index is -0.298. The zero-order valence-corrected chi connectivity index (χ0v) is 15.9. The first-order valence-corrected chi connectivity index (χ1v) is 9.16. The van der Waals surface area contributed by atoms with Gasteiger partial charge in [-0.15, -0.1) is 0 Å². The summed E-state index contributed by atoms with van der Waals surface area (Å²) >= 11 is 12.0. The standard InChI is InChI=1S/C22H13Cl2NO3/c23-14-7-5-13(6-8-14)22(27)25-15-9-10-20-17(11-15)19(26)12-21(28-20)16-3-1-2-4-18(16)24/h1-12H,(H,25,27). The van der Waals surface area contributed by atoms with Crippen LogP contribution >= 0.6 is 23.2 Å².